The van der Waals surface area contributed by atoms with Gasteiger partial charge in [-0.15, -0.1) is 0 Å². The van der Waals surface area contributed by atoms with Crippen molar-refractivity contribution in [2.24, 2.45) is 0 Å². The van der Waals surface area contributed by atoms with Gasteiger partial charge in [0.05, 0.1) is 12.2 Å². The molecule has 0 saturated heterocycles. The van der Waals surface area contributed by atoms with Gasteiger partial charge in [0.1, 0.15) is 18.2 Å². The number of aromatic nitrogens is 3. The predicted octanol–water partition coefficient (Wildman–Crippen LogP) is 2.28. The number of ether oxygens (including phenoxy) is 1. The van der Waals surface area contributed by atoms with E-state index in [4.69, 9.17) is 10.5 Å². The van der Waals surface area contributed by atoms with Crippen molar-refractivity contribution < 1.29 is 4.74 Å². The number of hydrogen-bond donors (Lipinski definition) is 1. The molecule has 0 fully saturated rings. The van der Waals surface area contributed by atoms with Crippen LogP contribution in [-0.2, 0) is 6.54 Å². The van der Waals surface area contributed by atoms with Gasteiger partial charge in [-0.3, -0.25) is 0 Å². The number of pyridine rings is 1. The van der Waals surface area contributed by atoms with Gasteiger partial charge >= 0.3 is 0 Å². The SMILES string of the molecule is Cc1nc(C(C)C)c2c(n1)N(Cc1cccnc1N)CCO2. The quantitative estimate of drug-likeness (QED) is 0.937. The molecule has 3 heterocycles. The molecule has 6 nitrogen and oxygen atoms in total. The minimum Gasteiger partial charge on any atom is -0.486 e. The van der Waals surface area contributed by atoms with Gasteiger partial charge in [-0.25, -0.2) is 15.0 Å². The number of nitrogens with zero attached hydrogens (tertiary/aromatic N) is 4. The van der Waals surface area contributed by atoms with Crippen molar-refractivity contribution in [3.63, 3.8) is 0 Å². The fourth-order valence-corrected chi connectivity index (χ4v) is 2.62. The van der Waals surface area contributed by atoms with Crippen molar-refractivity contribution >= 4 is 11.6 Å². The standard InChI is InChI=1S/C16H21N5O/c1-10(2)13-14-16(20-11(3)19-13)21(7-8-22-14)9-12-5-4-6-18-15(12)17/h4-6,10H,7-9H2,1-3H3,(H2,17,18). The summed E-state index contributed by atoms with van der Waals surface area (Å²) in [4.78, 5) is 15.5. The van der Waals surface area contributed by atoms with Crippen molar-refractivity contribution in [3.8, 4) is 5.75 Å². The van der Waals surface area contributed by atoms with Crippen LogP contribution in [-0.4, -0.2) is 28.1 Å². The molecule has 1 aliphatic heterocycles. The van der Waals surface area contributed by atoms with E-state index in [1.54, 1.807) is 6.20 Å². The first kappa shape index (κ1) is 14.6. The second-order valence-electron chi connectivity index (χ2n) is 5.78. The Hall–Kier alpha value is -2.37. The lowest BCUT2D eigenvalue weighted by atomic mass is 10.1. The molecule has 0 aliphatic carbocycles. The van der Waals surface area contributed by atoms with Crippen LogP contribution in [0.4, 0.5) is 11.6 Å². The summed E-state index contributed by atoms with van der Waals surface area (Å²) in [5.74, 6) is 3.27. The summed E-state index contributed by atoms with van der Waals surface area (Å²) >= 11 is 0. The van der Waals surface area contributed by atoms with E-state index in [2.05, 4.69) is 33.7 Å². The molecule has 116 valence electrons. The van der Waals surface area contributed by atoms with Crippen LogP contribution >= 0.6 is 0 Å². The Labute approximate surface area is 130 Å². The molecule has 0 unspecified atom stereocenters. The largest absolute Gasteiger partial charge is 0.486 e. The molecule has 6 heteroatoms. The summed E-state index contributed by atoms with van der Waals surface area (Å²) < 4.78 is 5.86. The number of rotatable bonds is 3. The van der Waals surface area contributed by atoms with Gasteiger partial charge < -0.3 is 15.4 Å². The molecular formula is C16H21N5O. The third-order valence-electron chi connectivity index (χ3n) is 3.73. The van der Waals surface area contributed by atoms with Crippen molar-refractivity contribution in [3.05, 3.63) is 35.4 Å². The maximum Gasteiger partial charge on any atom is 0.183 e. The van der Waals surface area contributed by atoms with E-state index in [9.17, 15) is 0 Å². The zero-order chi connectivity index (χ0) is 15.7. The lowest BCUT2D eigenvalue weighted by molar-refractivity contribution is 0.297. The van der Waals surface area contributed by atoms with Crippen LogP contribution in [0.1, 0.15) is 36.8 Å². The number of fused-ring (bicyclic) bond motifs is 1. The molecular weight excluding hydrogens is 278 g/mol. The number of nitrogen functional groups attached to an aromatic ring is 1. The zero-order valence-corrected chi connectivity index (χ0v) is 13.2. The fraction of sp³-hybridized carbons (Fsp3) is 0.438. The van der Waals surface area contributed by atoms with Gasteiger partial charge in [0.2, 0.25) is 0 Å². The highest BCUT2D eigenvalue weighted by molar-refractivity contribution is 5.58. The molecule has 0 bridgehead atoms. The zero-order valence-electron chi connectivity index (χ0n) is 13.2. The number of aryl methyl sites for hydroxylation is 1. The second-order valence-corrected chi connectivity index (χ2v) is 5.78. The van der Waals surface area contributed by atoms with Crippen molar-refractivity contribution in [2.45, 2.75) is 33.2 Å². The number of nitrogens with two attached hydrogens (primary N) is 1. The highest BCUT2D eigenvalue weighted by atomic mass is 16.5. The van der Waals surface area contributed by atoms with Crippen molar-refractivity contribution in [1.82, 2.24) is 15.0 Å². The van der Waals surface area contributed by atoms with Gasteiger partial charge in [-0.05, 0) is 18.9 Å². The Morgan fingerprint density at radius 2 is 2.18 bits per heavy atom. The minimum absolute atomic E-state index is 0.291. The molecule has 0 saturated carbocycles. The van der Waals surface area contributed by atoms with E-state index in [1.165, 1.54) is 0 Å². The summed E-state index contributed by atoms with van der Waals surface area (Å²) in [6.45, 7) is 8.21. The van der Waals surface area contributed by atoms with Crippen LogP contribution in [0.15, 0.2) is 18.3 Å². The highest BCUT2D eigenvalue weighted by Gasteiger charge is 2.26. The van der Waals surface area contributed by atoms with E-state index >= 15 is 0 Å². The van der Waals surface area contributed by atoms with Gasteiger partial charge in [0, 0.05) is 18.3 Å². The van der Waals surface area contributed by atoms with Crippen LogP contribution in [0.2, 0.25) is 0 Å². The molecule has 0 amide bonds. The maximum atomic E-state index is 5.96. The Kier molecular flexibility index (Phi) is 3.83. The molecule has 2 aromatic heterocycles. The number of hydrogen-bond acceptors (Lipinski definition) is 6. The molecule has 2 N–H and O–H groups in total. The topological polar surface area (TPSA) is 77.2 Å². The first-order chi connectivity index (χ1) is 10.6. The summed E-state index contributed by atoms with van der Waals surface area (Å²) in [5, 5.41) is 0. The normalized spacial score (nSPS) is 13.9. The Morgan fingerprint density at radius 1 is 1.36 bits per heavy atom. The van der Waals surface area contributed by atoms with Crippen LogP contribution in [0.25, 0.3) is 0 Å². The van der Waals surface area contributed by atoms with Crippen molar-refractivity contribution in [2.75, 3.05) is 23.8 Å². The Balaban J connectivity index is 1.99. The van der Waals surface area contributed by atoms with Gasteiger partial charge in [0.15, 0.2) is 11.6 Å². The molecule has 1 aliphatic rings. The summed E-state index contributed by atoms with van der Waals surface area (Å²) in [6, 6.07) is 3.90. The smallest absolute Gasteiger partial charge is 0.183 e. The summed E-state index contributed by atoms with van der Waals surface area (Å²) in [6.07, 6.45) is 1.70. The molecule has 0 aromatic carbocycles. The number of anilines is 2. The van der Waals surface area contributed by atoms with E-state index in [-0.39, 0.29) is 0 Å². The van der Waals surface area contributed by atoms with Crippen LogP contribution in [0.5, 0.6) is 5.75 Å². The van der Waals surface area contributed by atoms with Crippen LogP contribution in [0.3, 0.4) is 0 Å². The van der Waals surface area contributed by atoms with Gasteiger partial charge in [-0.2, -0.15) is 0 Å². The van der Waals surface area contributed by atoms with Crippen LogP contribution in [0, 0.1) is 6.92 Å². The lowest BCUT2D eigenvalue weighted by Crippen LogP contribution is -2.34. The maximum absolute atomic E-state index is 5.96. The van der Waals surface area contributed by atoms with E-state index in [1.807, 2.05) is 19.1 Å². The Morgan fingerprint density at radius 3 is 2.91 bits per heavy atom. The van der Waals surface area contributed by atoms with Gasteiger partial charge in [0.25, 0.3) is 0 Å². The third-order valence-corrected chi connectivity index (χ3v) is 3.73. The molecule has 0 spiro atoms. The summed E-state index contributed by atoms with van der Waals surface area (Å²) in [7, 11) is 0. The molecule has 22 heavy (non-hydrogen) atoms. The fourth-order valence-electron chi connectivity index (χ4n) is 2.62. The monoisotopic (exact) mass is 299 g/mol. The highest BCUT2D eigenvalue weighted by Crippen LogP contribution is 2.36. The minimum atomic E-state index is 0.291. The van der Waals surface area contributed by atoms with Gasteiger partial charge in [-0.1, -0.05) is 19.9 Å². The van der Waals surface area contributed by atoms with E-state index < -0.39 is 0 Å². The van der Waals surface area contributed by atoms with E-state index in [0.717, 1.165) is 35.2 Å². The second kappa shape index (κ2) is 5.79. The predicted molar refractivity (Wildman–Crippen MR) is 86.1 cm³/mol. The molecule has 3 rings (SSSR count). The van der Waals surface area contributed by atoms with E-state index in [0.29, 0.717) is 24.9 Å². The van der Waals surface area contributed by atoms with Crippen molar-refractivity contribution in [1.29, 1.82) is 0 Å². The first-order valence-electron chi connectivity index (χ1n) is 7.52. The molecule has 2 aromatic rings. The lowest BCUT2D eigenvalue weighted by Gasteiger charge is -2.32. The first-order valence-corrected chi connectivity index (χ1v) is 7.52. The van der Waals surface area contributed by atoms with Crippen LogP contribution < -0.4 is 15.4 Å². The average molecular weight is 299 g/mol. The average Bonchev–Trinajstić information content (AvgIpc) is 2.49. The molecule has 0 atom stereocenters. The summed E-state index contributed by atoms with van der Waals surface area (Å²) in [5.41, 5.74) is 7.93. The Bertz CT molecular complexity index is 686. The third kappa shape index (κ3) is 2.68. The molecule has 0 radical (unpaired) electrons.